The molecule has 1 heterocycles. The van der Waals surface area contributed by atoms with Gasteiger partial charge >= 0.3 is 0 Å². The highest BCUT2D eigenvalue weighted by Gasteiger charge is 2.12. The van der Waals surface area contributed by atoms with Crippen molar-refractivity contribution < 1.29 is 9.00 Å². The van der Waals surface area contributed by atoms with Crippen molar-refractivity contribution in [2.24, 2.45) is 0 Å². The lowest BCUT2D eigenvalue weighted by molar-refractivity contribution is 0.108. The number of carbonyl (C=O) groups is 1. The number of hydrogen-bond donors (Lipinski definition) is 0. The lowest BCUT2D eigenvalue weighted by Crippen LogP contribution is -1.89. The summed E-state index contributed by atoms with van der Waals surface area (Å²) < 4.78 is 12.8. The van der Waals surface area contributed by atoms with Gasteiger partial charge in [0, 0.05) is 4.90 Å². The SMILES string of the molecule is Cc1ccc(S(=O)c2ccc(C(=O)Cl)s2)cc1. The van der Waals surface area contributed by atoms with E-state index in [1.54, 1.807) is 12.1 Å². The Balaban J connectivity index is 2.30. The van der Waals surface area contributed by atoms with Crippen molar-refractivity contribution in [3.05, 3.63) is 46.8 Å². The van der Waals surface area contributed by atoms with Crippen molar-refractivity contribution in [2.45, 2.75) is 16.0 Å². The highest BCUT2D eigenvalue weighted by Crippen LogP contribution is 2.25. The molecule has 0 saturated heterocycles. The van der Waals surface area contributed by atoms with E-state index in [1.165, 1.54) is 11.3 Å². The summed E-state index contributed by atoms with van der Waals surface area (Å²) in [7, 11) is -1.24. The van der Waals surface area contributed by atoms with Crippen LogP contribution in [0.3, 0.4) is 0 Å². The Hall–Kier alpha value is -0.970. The number of rotatable bonds is 3. The van der Waals surface area contributed by atoms with Crippen LogP contribution in [0.2, 0.25) is 0 Å². The van der Waals surface area contributed by atoms with E-state index in [0.29, 0.717) is 9.09 Å². The first-order valence-corrected chi connectivity index (χ1v) is 7.20. The Kier molecular flexibility index (Phi) is 3.76. The van der Waals surface area contributed by atoms with Gasteiger partial charge < -0.3 is 0 Å². The maximum atomic E-state index is 12.2. The molecule has 0 N–H and O–H groups in total. The number of carbonyl (C=O) groups excluding carboxylic acids is 1. The molecule has 0 radical (unpaired) electrons. The number of halogens is 1. The lowest BCUT2D eigenvalue weighted by atomic mass is 10.2. The summed E-state index contributed by atoms with van der Waals surface area (Å²) in [5.41, 5.74) is 1.12. The van der Waals surface area contributed by atoms with E-state index in [2.05, 4.69) is 0 Å². The molecule has 0 spiro atoms. The van der Waals surface area contributed by atoms with E-state index in [1.807, 2.05) is 31.2 Å². The molecule has 0 amide bonds. The van der Waals surface area contributed by atoms with Crippen molar-refractivity contribution in [1.82, 2.24) is 0 Å². The minimum atomic E-state index is -1.24. The average molecular weight is 285 g/mol. The fourth-order valence-corrected chi connectivity index (χ4v) is 3.72. The summed E-state index contributed by atoms with van der Waals surface area (Å²) in [4.78, 5) is 12.1. The van der Waals surface area contributed by atoms with Crippen LogP contribution in [0, 0.1) is 6.92 Å². The van der Waals surface area contributed by atoms with Gasteiger partial charge in [0.1, 0.15) is 0 Å². The van der Waals surface area contributed by atoms with E-state index in [9.17, 15) is 9.00 Å². The molecule has 1 aromatic carbocycles. The van der Waals surface area contributed by atoms with Crippen molar-refractivity contribution in [2.75, 3.05) is 0 Å². The predicted octanol–water partition coefficient (Wildman–Crippen LogP) is 3.60. The standard InChI is InChI=1S/C12H9ClO2S2/c1-8-2-4-9(5-3-8)17(15)11-7-6-10(16-11)12(13)14/h2-7H,1H3. The molecule has 1 unspecified atom stereocenters. The molecule has 2 nitrogen and oxygen atoms in total. The number of thiophene rings is 1. The Labute approximate surface area is 111 Å². The summed E-state index contributed by atoms with van der Waals surface area (Å²) in [6.45, 7) is 1.97. The van der Waals surface area contributed by atoms with Gasteiger partial charge in [-0.3, -0.25) is 4.79 Å². The monoisotopic (exact) mass is 284 g/mol. The fourth-order valence-electron chi connectivity index (χ4n) is 1.30. The molecule has 17 heavy (non-hydrogen) atoms. The van der Waals surface area contributed by atoms with Crippen molar-refractivity contribution in [1.29, 1.82) is 0 Å². The molecule has 5 heteroatoms. The molecular formula is C12H9ClO2S2. The minimum Gasteiger partial charge on any atom is -0.275 e. The summed E-state index contributed by atoms with van der Waals surface area (Å²) in [6, 6.07) is 10.8. The van der Waals surface area contributed by atoms with Crippen LogP contribution in [-0.2, 0) is 10.8 Å². The van der Waals surface area contributed by atoms with Gasteiger partial charge in [-0.1, -0.05) is 17.7 Å². The second-order valence-electron chi connectivity index (χ2n) is 3.47. The second kappa shape index (κ2) is 5.12. The summed E-state index contributed by atoms with van der Waals surface area (Å²) in [6.07, 6.45) is 0. The number of aryl methyl sites for hydroxylation is 1. The quantitative estimate of drug-likeness (QED) is 0.807. The van der Waals surface area contributed by atoms with Gasteiger partial charge in [-0.2, -0.15) is 0 Å². The normalized spacial score (nSPS) is 12.4. The van der Waals surface area contributed by atoms with Gasteiger partial charge in [0.25, 0.3) is 5.24 Å². The fraction of sp³-hybridized carbons (Fsp3) is 0.0833. The van der Waals surface area contributed by atoms with Crippen LogP contribution in [0.4, 0.5) is 0 Å². The average Bonchev–Trinajstić information content (AvgIpc) is 2.78. The molecule has 0 fully saturated rings. The summed E-state index contributed by atoms with van der Waals surface area (Å²) in [5.74, 6) is 0. The maximum absolute atomic E-state index is 12.2. The van der Waals surface area contributed by atoms with Crippen molar-refractivity contribution in [3.63, 3.8) is 0 Å². The van der Waals surface area contributed by atoms with E-state index in [0.717, 1.165) is 10.5 Å². The van der Waals surface area contributed by atoms with Crippen LogP contribution < -0.4 is 0 Å². The first-order valence-electron chi connectivity index (χ1n) is 4.86. The maximum Gasteiger partial charge on any atom is 0.262 e. The van der Waals surface area contributed by atoms with Crippen LogP contribution in [0.1, 0.15) is 15.2 Å². The Bertz CT molecular complexity index is 572. The highest BCUT2D eigenvalue weighted by atomic mass is 35.5. The van der Waals surface area contributed by atoms with E-state index in [-0.39, 0.29) is 0 Å². The molecule has 1 atom stereocenters. The molecular weight excluding hydrogens is 276 g/mol. The third-order valence-electron chi connectivity index (χ3n) is 2.19. The number of benzene rings is 1. The van der Waals surface area contributed by atoms with E-state index in [4.69, 9.17) is 11.6 Å². The second-order valence-corrected chi connectivity index (χ2v) is 6.61. The third kappa shape index (κ3) is 2.83. The molecule has 0 aliphatic rings. The van der Waals surface area contributed by atoms with Crippen molar-refractivity contribution in [3.8, 4) is 0 Å². The smallest absolute Gasteiger partial charge is 0.262 e. The van der Waals surface area contributed by atoms with Gasteiger partial charge in [-0.15, -0.1) is 11.3 Å². The predicted molar refractivity (Wildman–Crippen MR) is 70.4 cm³/mol. The molecule has 88 valence electrons. The third-order valence-corrected chi connectivity index (χ3v) is 5.29. The zero-order valence-electron chi connectivity index (χ0n) is 8.98. The largest absolute Gasteiger partial charge is 0.275 e. The van der Waals surface area contributed by atoms with E-state index >= 15 is 0 Å². The Morgan fingerprint density at radius 1 is 1.18 bits per heavy atom. The molecule has 1 aromatic heterocycles. The van der Waals surface area contributed by atoms with Crippen LogP contribution in [0.5, 0.6) is 0 Å². The van der Waals surface area contributed by atoms with Gasteiger partial charge in [0.15, 0.2) is 0 Å². The Morgan fingerprint density at radius 3 is 2.35 bits per heavy atom. The van der Waals surface area contributed by atoms with Crippen LogP contribution in [0.25, 0.3) is 0 Å². The topological polar surface area (TPSA) is 34.1 Å². The molecule has 0 aliphatic heterocycles. The Morgan fingerprint density at radius 2 is 1.82 bits per heavy atom. The van der Waals surface area contributed by atoms with Crippen LogP contribution in [0.15, 0.2) is 45.5 Å². The zero-order valence-corrected chi connectivity index (χ0v) is 11.4. The van der Waals surface area contributed by atoms with Crippen LogP contribution in [-0.4, -0.2) is 9.45 Å². The zero-order chi connectivity index (χ0) is 12.4. The van der Waals surface area contributed by atoms with Gasteiger partial charge in [-0.25, -0.2) is 4.21 Å². The van der Waals surface area contributed by atoms with Crippen molar-refractivity contribution >= 4 is 39.0 Å². The highest BCUT2D eigenvalue weighted by molar-refractivity contribution is 7.87. The molecule has 2 aromatic rings. The molecule has 0 aliphatic carbocycles. The minimum absolute atomic E-state index is 0.419. The lowest BCUT2D eigenvalue weighted by Gasteiger charge is -1.99. The molecule has 0 saturated carbocycles. The summed E-state index contributed by atoms with van der Waals surface area (Å²) in [5, 5.41) is -0.512. The number of hydrogen-bond acceptors (Lipinski definition) is 3. The molecule has 0 bridgehead atoms. The molecule has 2 rings (SSSR count). The van der Waals surface area contributed by atoms with Crippen LogP contribution >= 0.6 is 22.9 Å². The van der Waals surface area contributed by atoms with Gasteiger partial charge in [0.05, 0.1) is 19.9 Å². The van der Waals surface area contributed by atoms with E-state index < -0.39 is 16.0 Å². The first-order chi connectivity index (χ1) is 8.08. The first kappa shape index (κ1) is 12.5. The van der Waals surface area contributed by atoms with Gasteiger partial charge in [0.2, 0.25) is 0 Å². The summed E-state index contributed by atoms with van der Waals surface area (Å²) >= 11 is 6.53. The van der Waals surface area contributed by atoms with Gasteiger partial charge in [-0.05, 0) is 42.8 Å².